The highest BCUT2D eigenvalue weighted by molar-refractivity contribution is 9.10. The lowest BCUT2D eigenvalue weighted by Crippen LogP contribution is -2.52. The molecule has 0 spiro atoms. The molecule has 1 atom stereocenters. The van der Waals surface area contributed by atoms with Gasteiger partial charge in [0.1, 0.15) is 0 Å². The zero-order chi connectivity index (χ0) is 16.6. The number of nitrogens with two attached hydrogens (primary N) is 1. The van der Waals surface area contributed by atoms with Crippen LogP contribution in [0.3, 0.4) is 0 Å². The standard InChI is InChI=1S/C16H25BrN2O2S/c1-3-16(4-2,12-18)19-15(20)6-5-11-22(21)14-9-7-13(17)8-10-14/h7-10H,3-6,11-12,18H2,1-2H3,(H,19,20). The van der Waals surface area contributed by atoms with Crippen molar-refractivity contribution in [1.82, 2.24) is 5.32 Å². The number of hydrogen-bond donors (Lipinski definition) is 2. The molecule has 0 saturated carbocycles. The maximum Gasteiger partial charge on any atom is 0.220 e. The predicted molar refractivity (Wildman–Crippen MR) is 95.2 cm³/mol. The van der Waals surface area contributed by atoms with Gasteiger partial charge in [-0.25, -0.2) is 0 Å². The lowest BCUT2D eigenvalue weighted by atomic mass is 9.93. The van der Waals surface area contributed by atoms with Gasteiger partial charge in [-0.3, -0.25) is 9.00 Å². The molecule has 0 radical (unpaired) electrons. The molecule has 1 rings (SSSR count). The van der Waals surface area contributed by atoms with E-state index in [9.17, 15) is 9.00 Å². The van der Waals surface area contributed by atoms with Crippen LogP contribution in [0.15, 0.2) is 33.6 Å². The average molecular weight is 389 g/mol. The van der Waals surface area contributed by atoms with Crippen molar-refractivity contribution in [3.05, 3.63) is 28.7 Å². The molecule has 0 aromatic heterocycles. The van der Waals surface area contributed by atoms with Crippen molar-refractivity contribution in [2.45, 2.75) is 50.0 Å². The van der Waals surface area contributed by atoms with Gasteiger partial charge in [0.15, 0.2) is 0 Å². The second kappa shape index (κ2) is 9.43. The summed E-state index contributed by atoms with van der Waals surface area (Å²) >= 11 is 3.35. The normalized spacial score (nSPS) is 12.9. The van der Waals surface area contributed by atoms with E-state index in [1.54, 1.807) is 0 Å². The minimum atomic E-state index is -1.06. The van der Waals surface area contributed by atoms with E-state index in [1.807, 2.05) is 38.1 Å². The molecule has 0 aliphatic rings. The van der Waals surface area contributed by atoms with Gasteiger partial charge in [0.2, 0.25) is 5.91 Å². The van der Waals surface area contributed by atoms with Gasteiger partial charge in [0.25, 0.3) is 0 Å². The molecular weight excluding hydrogens is 364 g/mol. The quantitative estimate of drug-likeness (QED) is 0.682. The van der Waals surface area contributed by atoms with Crippen molar-refractivity contribution in [3.8, 4) is 0 Å². The molecular formula is C16H25BrN2O2S. The SMILES string of the molecule is CCC(CC)(CN)NC(=O)CCCS(=O)c1ccc(Br)cc1. The molecule has 0 aliphatic heterocycles. The third-order valence-corrected chi connectivity index (χ3v) is 5.95. The second-order valence-electron chi connectivity index (χ2n) is 5.35. The Morgan fingerprint density at radius 2 is 1.86 bits per heavy atom. The molecule has 124 valence electrons. The molecule has 22 heavy (non-hydrogen) atoms. The van der Waals surface area contributed by atoms with Crippen molar-refractivity contribution in [2.75, 3.05) is 12.3 Å². The third-order valence-electron chi connectivity index (χ3n) is 3.96. The minimum absolute atomic E-state index is 0.0121. The van der Waals surface area contributed by atoms with Gasteiger partial charge in [-0.05, 0) is 43.5 Å². The molecule has 3 N–H and O–H groups in total. The van der Waals surface area contributed by atoms with Gasteiger partial charge in [-0.2, -0.15) is 0 Å². The van der Waals surface area contributed by atoms with Crippen LogP contribution >= 0.6 is 15.9 Å². The second-order valence-corrected chi connectivity index (χ2v) is 7.83. The predicted octanol–water partition coefficient (Wildman–Crippen LogP) is 2.97. The number of halogens is 1. The fourth-order valence-electron chi connectivity index (χ4n) is 2.19. The first-order valence-corrected chi connectivity index (χ1v) is 9.72. The summed E-state index contributed by atoms with van der Waals surface area (Å²) in [6, 6.07) is 7.43. The Labute approximate surface area is 143 Å². The molecule has 0 fully saturated rings. The number of nitrogens with one attached hydrogen (secondary N) is 1. The molecule has 0 heterocycles. The summed E-state index contributed by atoms with van der Waals surface area (Å²) in [6.45, 7) is 4.50. The third kappa shape index (κ3) is 5.82. The summed E-state index contributed by atoms with van der Waals surface area (Å²) in [7, 11) is -1.06. The van der Waals surface area contributed by atoms with Gasteiger partial charge < -0.3 is 11.1 Å². The fourth-order valence-corrected chi connectivity index (χ4v) is 3.54. The van der Waals surface area contributed by atoms with E-state index in [2.05, 4.69) is 21.2 Å². The molecule has 1 amide bonds. The van der Waals surface area contributed by atoms with Crippen LogP contribution in [0.5, 0.6) is 0 Å². The average Bonchev–Trinajstić information content (AvgIpc) is 2.53. The van der Waals surface area contributed by atoms with E-state index in [0.29, 0.717) is 25.1 Å². The van der Waals surface area contributed by atoms with Crippen molar-refractivity contribution < 1.29 is 9.00 Å². The lowest BCUT2D eigenvalue weighted by molar-refractivity contribution is -0.123. The Balaban J connectivity index is 2.42. The Hall–Kier alpha value is -0.720. The summed E-state index contributed by atoms with van der Waals surface area (Å²) in [5.41, 5.74) is 5.47. The number of amides is 1. The van der Waals surface area contributed by atoms with Crippen LogP contribution in [-0.4, -0.2) is 28.0 Å². The fraction of sp³-hybridized carbons (Fsp3) is 0.562. The first kappa shape index (κ1) is 19.3. The number of carbonyl (C=O) groups is 1. The maximum absolute atomic E-state index is 12.1. The van der Waals surface area contributed by atoms with Crippen LogP contribution < -0.4 is 11.1 Å². The molecule has 1 aromatic rings. The first-order valence-electron chi connectivity index (χ1n) is 7.61. The summed E-state index contributed by atoms with van der Waals surface area (Å²) in [6.07, 6.45) is 2.61. The Bertz CT molecular complexity index is 493. The molecule has 0 saturated heterocycles. The van der Waals surface area contributed by atoms with Crippen LogP contribution in [0.25, 0.3) is 0 Å². The molecule has 6 heteroatoms. The number of hydrogen-bond acceptors (Lipinski definition) is 3. The maximum atomic E-state index is 12.1. The number of carbonyl (C=O) groups excluding carboxylic acids is 1. The van der Waals surface area contributed by atoms with E-state index in [4.69, 9.17) is 5.73 Å². The highest BCUT2D eigenvalue weighted by atomic mass is 79.9. The highest BCUT2D eigenvalue weighted by Crippen LogP contribution is 2.15. The smallest absolute Gasteiger partial charge is 0.220 e. The molecule has 1 unspecified atom stereocenters. The number of rotatable bonds is 9. The highest BCUT2D eigenvalue weighted by Gasteiger charge is 2.25. The monoisotopic (exact) mass is 388 g/mol. The van der Waals surface area contributed by atoms with E-state index < -0.39 is 10.8 Å². The van der Waals surface area contributed by atoms with Gasteiger partial charge >= 0.3 is 0 Å². The van der Waals surface area contributed by atoms with Crippen LogP contribution in [0.2, 0.25) is 0 Å². The summed E-state index contributed by atoms with van der Waals surface area (Å²) in [5.74, 6) is 0.477. The Morgan fingerprint density at radius 3 is 2.36 bits per heavy atom. The zero-order valence-electron chi connectivity index (χ0n) is 13.2. The Morgan fingerprint density at radius 1 is 1.27 bits per heavy atom. The Kier molecular flexibility index (Phi) is 8.28. The van der Waals surface area contributed by atoms with E-state index in [1.165, 1.54) is 0 Å². The van der Waals surface area contributed by atoms with Crippen molar-refractivity contribution in [2.24, 2.45) is 5.73 Å². The topological polar surface area (TPSA) is 72.2 Å². The van der Waals surface area contributed by atoms with Gasteiger partial charge in [0, 0.05) is 28.1 Å². The molecule has 0 aliphatic carbocycles. The van der Waals surface area contributed by atoms with E-state index in [-0.39, 0.29) is 11.4 Å². The van der Waals surface area contributed by atoms with Crippen LogP contribution in [0, 0.1) is 0 Å². The van der Waals surface area contributed by atoms with Crippen molar-refractivity contribution >= 4 is 32.6 Å². The van der Waals surface area contributed by atoms with Crippen LogP contribution in [0.1, 0.15) is 39.5 Å². The molecule has 4 nitrogen and oxygen atoms in total. The van der Waals surface area contributed by atoms with Gasteiger partial charge in [-0.1, -0.05) is 29.8 Å². The van der Waals surface area contributed by atoms with Crippen molar-refractivity contribution in [3.63, 3.8) is 0 Å². The summed E-state index contributed by atoms with van der Waals surface area (Å²) in [5, 5.41) is 3.03. The summed E-state index contributed by atoms with van der Waals surface area (Å²) < 4.78 is 13.1. The van der Waals surface area contributed by atoms with E-state index in [0.717, 1.165) is 22.2 Å². The first-order chi connectivity index (χ1) is 10.5. The zero-order valence-corrected chi connectivity index (χ0v) is 15.6. The van der Waals surface area contributed by atoms with Crippen molar-refractivity contribution in [1.29, 1.82) is 0 Å². The summed E-state index contributed by atoms with van der Waals surface area (Å²) in [4.78, 5) is 12.8. The van der Waals surface area contributed by atoms with Crippen LogP contribution in [-0.2, 0) is 15.6 Å². The molecule has 0 bridgehead atoms. The number of benzene rings is 1. The lowest BCUT2D eigenvalue weighted by Gasteiger charge is -2.31. The largest absolute Gasteiger partial charge is 0.349 e. The van der Waals surface area contributed by atoms with Gasteiger partial charge in [-0.15, -0.1) is 0 Å². The van der Waals surface area contributed by atoms with E-state index >= 15 is 0 Å². The minimum Gasteiger partial charge on any atom is -0.349 e. The molecule has 1 aromatic carbocycles. The van der Waals surface area contributed by atoms with Crippen LogP contribution in [0.4, 0.5) is 0 Å². The van der Waals surface area contributed by atoms with Gasteiger partial charge in [0.05, 0.1) is 16.3 Å².